The van der Waals surface area contributed by atoms with Crippen molar-refractivity contribution in [1.82, 2.24) is 0 Å². The summed E-state index contributed by atoms with van der Waals surface area (Å²) in [6.07, 6.45) is 0. The first-order chi connectivity index (χ1) is 11.0. The average Bonchev–Trinajstić information content (AvgIpc) is 2.53. The number of amides is 1. The largest absolute Gasteiger partial charge is 0.484 e. The molecular weight excluding hydrogens is 312 g/mol. The van der Waals surface area contributed by atoms with E-state index in [4.69, 9.17) is 21.6 Å². The lowest BCUT2D eigenvalue weighted by molar-refractivity contribution is -0.118. The van der Waals surface area contributed by atoms with Crippen LogP contribution >= 0.6 is 11.6 Å². The van der Waals surface area contributed by atoms with Crippen LogP contribution in [0.5, 0.6) is 5.75 Å². The van der Waals surface area contributed by atoms with Crippen molar-refractivity contribution in [3.8, 4) is 11.8 Å². The lowest BCUT2D eigenvalue weighted by Crippen LogP contribution is -2.20. The molecule has 0 saturated heterocycles. The standard InChI is InChI=1S/C18H17ClN2O2/c1-12(2)13-4-7-16(8-5-13)23-11-18(22)21-15-6-3-14(10-20)17(19)9-15/h3-9,12H,11H2,1-2H3,(H,21,22). The highest BCUT2D eigenvalue weighted by Gasteiger charge is 2.07. The van der Waals surface area contributed by atoms with E-state index in [0.717, 1.165) is 0 Å². The van der Waals surface area contributed by atoms with Gasteiger partial charge in [-0.05, 0) is 41.8 Å². The van der Waals surface area contributed by atoms with E-state index in [0.29, 0.717) is 27.9 Å². The van der Waals surface area contributed by atoms with Crippen LogP contribution in [-0.4, -0.2) is 12.5 Å². The molecule has 0 spiro atoms. The Morgan fingerprint density at radius 2 is 1.96 bits per heavy atom. The van der Waals surface area contributed by atoms with E-state index in [2.05, 4.69) is 19.2 Å². The number of nitriles is 1. The molecule has 2 aromatic carbocycles. The molecule has 118 valence electrons. The van der Waals surface area contributed by atoms with Crippen molar-refractivity contribution in [2.24, 2.45) is 0 Å². The SMILES string of the molecule is CC(C)c1ccc(OCC(=O)Nc2ccc(C#N)c(Cl)c2)cc1. The molecule has 4 nitrogen and oxygen atoms in total. The molecule has 0 aromatic heterocycles. The second-order valence-electron chi connectivity index (χ2n) is 5.37. The van der Waals surface area contributed by atoms with Gasteiger partial charge in [-0.1, -0.05) is 37.6 Å². The third-order valence-electron chi connectivity index (χ3n) is 3.29. The zero-order valence-electron chi connectivity index (χ0n) is 13.0. The first-order valence-corrected chi connectivity index (χ1v) is 7.59. The number of halogens is 1. The highest BCUT2D eigenvalue weighted by Crippen LogP contribution is 2.21. The Balaban J connectivity index is 1.90. The summed E-state index contributed by atoms with van der Waals surface area (Å²) in [7, 11) is 0. The number of hydrogen-bond acceptors (Lipinski definition) is 3. The molecule has 0 fully saturated rings. The number of anilines is 1. The molecule has 2 aromatic rings. The number of nitrogens with zero attached hydrogens (tertiary/aromatic N) is 1. The van der Waals surface area contributed by atoms with Gasteiger partial charge in [0.25, 0.3) is 5.91 Å². The second kappa shape index (κ2) is 7.66. The lowest BCUT2D eigenvalue weighted by Gasteiger charge is -2.10. The van der Waals surface area contributed by atoms with Crippen molar-refractivity contribution in [1.29, 1.82) is 5.26 Å². The van der Waals surface area contributed by atoms with Gasteiger partial charge in [0.1, 0.15) is 11.8 Å². The van der Waals surface area contributed by atoms with Gasteiger partial charge in [0, 0.05) is 5.69 Å². The van der Waals surface area contributed by atoms with Crippen molar-refractivity contribution in [2.75, 3.05) is 11.9 Å². The lowest BCUT2D eigenvalue weighted by atomic mass is 10.0. The molecule has 0 unspecified atom stereocenters. The molecule has 0 atom stereocenters. The van der Waals surface area contributed by atoms with Crippen LogP contribution in [0.4, 0.5) is 5.69 Å². The Hall–Kier alpha value is -2.51. The first kappa shape index (κ1) is 16.9. The fraction of sp³-hybridized carbons (Fsp3) is 0.222. The average molecular weight is 329 g/mol. The number of benzene rings is 2. The van der Waals surface area contributed by atoms with Crippen LogP contribution in [0.1, 0.15) is 30.9 Å². The maximum absolute atomic E-state index is 11.9. The summed E-state index contributed by atoms with van der Waals surface area (Å²) in [4.78, 5) is 11.9. The summed E-state index contributed by atoms with van der Waals surface area (Å²) >= 11 is 5.92. The monoisotopic (exact) mass is 328 g/mol. The number of carbonyl (C=O) groups excluding carboxylic acids is 1. The van der Waals surface area contributed by atoms with E-state index in [1.165, 1.54) is 11.6 Å². The molecule has 2 rings (SSSR count). The fourth-order valence-corrected chi connectivity index (χ4v) is 2.20. The topological polar surface area (TPSA) is 62.1 Å². The summed E-state index contributed by atoms with van der Waals surface area (Å²) in [5, 5.41) is 11.8. The third kappa shape index (κ3) is 4.73. The molecule has 5 heteroatoms. The van der Waals surface area contributed by atoms with Crippen LogP contribution in [0.3, 0.4) is 0 Å². The molecule has 0 aliphatic heterocycles. The number of ether oxygens (including phenoxy) is 1. The summed E-state index contributed by atoms with van der Waals surface area (Å²) in [5.41, 5.74) is 2.11. The van der Waals surface area contributed by atoms with Gasteiger partial charge in [0.2, 0.25) is 0 Å². The quantitative estimate of drug-likeness (QED) is 0.887. The highest BCUT2D eigenvalue weighted by molar-refractivity contribution is 6.32. The summed E-state index contributed by atoms with van der Waals surface area (Å²) in [6, 6.07) is 14.4. The smallest absolute Gasteiger partial charge is 0.262 e. The highest BCUT2D eigenvalue weighted by atomic mass is 35.5. The van der Waals surface area contributed by atoms with E-state index >= 15 is 0 Å². The molecule has 1 amide bonds. The number of rotatable bonds is 5. The van der Waals surface area contributed by atoms with Gasteiger partial charge in [-0.3, -0.25) is 4.79 Å². The minimum absolute atomic E-state index is 0.0986. The first-order valence-electron chi connectivity index (χ1n) is 7.22. The van der Waals surface area contributed by atoms with Gasteiger partial charge >= 0.3 is 0 Å². The molecule has 0 radical (unpaired) electrons. The molecule has 0 saturated carbocycles. The second-order valence-corrected chi connectivity index (χ2v) is 5.77. The summed E-state index contributed by atoms with van der Waals surface area (Å²) in [5.74, 6) is 0.801. The number of carbonyl (C=O) groups is 1. The van der Waals surface area contributed by atoms with E-state index in [1.54, 1.807) is 12.1 Å². The number of nitrogens with one attached hydrogen (secondary N) is 1. The van der Waals surface area contributed by atoms with Gasteiger partial charge in [-0.25, -0.2) is 0 Å². The molecule has 0 bridgehead atoms. The van der Waals surface area contributed by atoms with Gasteiger partial charge in [-0.2, -0.15) is 5.26 Å². The maximum Gasteiger partial charge on any atom is 0.262 e. The normalized spacial score (nSPS) is 10.2. The van der Waals surface area contributed by atoms with Crippen molar-refractivity contribution in [2.45, 2.75) is 19.8 Å². The van der Waals surface area contributed by atoms with Crippen molar-refractivity contribution in [3.05, 3.63) is 58.6 Å². The molecular formula is C18H17ClN2O2. The van der Waals surface area contributed by atoms with Crippen molar-refractivity contribution < 1.29 is 9.53 Å². The minimum Gasteiger partial charge on any atom is -0.484 e. The molecule has 23 heavy (non-hydrogen) atoms. The van der Waals surface area contributed by atoms with Crippen molar-refractivity contribution in [3.63, 3.8) is 0 Å². The summed E-state index contributed by atoms with van der Waals surface area (Å²) < 4.78 is 5.45. The zero-order chi connectivity index (χ0) is 16.8. The zero-order valence-corrected chi connectivity index (χ0v) is 13.7. The van der Waals surface area contributed by atoms with Gasteiger partial charge < -0.3 is 10.1 Å². The van der Waals surface area contributed by atoms with Crippen LogP contribution in [0.15, 0.2) is 42.5 Å². The van der Waals surface area contributed by atoms with Crippen LogP contribution in [0.25, 0.3) is 0 Å². The molecule has 0 aliphatic rings. The molecule has 0 aliphatic carbocycles. The Morgan fingerprint density at radius 1 is 1.26 bits per heavy atom. The van der Waals surface area contributed by atoms with E-state index in [9.17, 15) is 4.79 Å². The van der Waals surface area contributed by atoms with Gasteiger partial charge in [0.05, 0.1) is 10.6 Å². The van der Waals surface area contributed by atoms with E-state index < -0.39 is 0 Å². The predicted octanol–water partition coefficient (Wildman–Crippen LogP) is 4.35. The number of hydrogen-bond donors (Lipinski definition) is 1. The summed E-state index contributed by atoms with van der Waals surface area (Å²) in [6.45, 7) is 4.14. The molecule has 1 N–H and O–H groups in total. The Labute approximate surface area is 140 Å². The Bertz CT molecular complexity index is 734. The minimum atomic E-state index is -0.293. The maximum atomic E-state index is 11.9. The van der Waals surface area contributed by atoms with Gasteiger partial charge in [0.15, 0.2) is 6.61 Å². The van der Waals surface area contributed by atoms with Crippen molar-refractivity contribution >= 4 is 23.2 Å². The predicted molar refractivity (Wildman–Crippen MR) is 90.8 cm³/mol. The van der Waals surface area contributed by atoms with Crippen LogP contribution < -0.4 is 10.1 Å². The van der Waals surface area contributed by atoms with Gasteiger partial charge in [-0.15, -0.1) is 0 Å². The van der Waals surface area contributed by atoms with Crippen LogP contribution in [0, 0.1) is 11.3 Å². The fourth-order valence-electron chi connectivity index (χ4n) is 1.98. The van der Waals surface area contributed by atoms with E-state index in [1.807, 2.05) is 30.3 Å². The molecule has 0 heterocycles. The van der Waals surface area contributed by atoms with Crippen LogP contribution in [0.2, 0.25) is 5.02 Å². The van der Waals surface area contributed by atoms with Crippen LogP contribution in [-0.2, 0) is 4.79 Å². The Morgan fingerprint density at radius 3 is 2.52 bits per heavy atom. The van der Waals surface area contributed by atoms with E-state index in [-0.39, 0.29) is 12.5 Å². The third-order valence-corrected chi connectivity index (χ3v) is 3.60. The Kier molecular flexibility index (Phi) is 5.61.